The van der Waals surface area contributed by atoms with Gasteiger partial charge in [-0.15, -0.1) is 0 Å². The highest BCUT2D eigenvalue weighted by Gasteiger charge is 2.46. The summed E-state index contributed by atoms with van der Waals surface area (Å²) in [4.78, 5) is 0. The maximum absolute atomic E-state index is 2.42. The third-order valence-corrected chi connectivity index (χ3v) is 9.83. The Bertz CT molecular complexity index is 2090. The van der Waals surface area contributed by atoms with E-state index in [1.54, 1.807) is 0 Å². The molecule has 1 heterocycles. The Morgan fingerprint density at radius 2 is 0.913 bits per heavy atom. The standard InChI is InChI=1S/C45H43N/c1-43(2,3)37-20-15-21-38(31-37)46-41-23-14-13-22-39(41)40-30-33(26-29-42(40)46)32-24-27-36(28-25-32)45(44(4,5)6,34-16-9-7-10-17-34)35-18-11-8-12-19-35/h7-31H,1-6H3. The molecule has 0 saturated heterocycles. The van der Waals surface area contributed by atoms with Crippen LogP contribution in [0.25, 0.3) is 38.6 Å². The number of benzene rings is 6. The van der Waals surface area contributed by atoms with Crippen LogP contribution in [0.1, 0.15) is 63.8 Å². The van der Waals surface area contributed by atoms with E-state index in [4.69, 9.17) is 0 Å². The molecule has 0 aliphatic heterocycles. The predicted octanol–water partition coefficient (Wildman–Crippen LogP) is 12.1. The van der Waals surface area contributed by atoms with Gasteiger partial charge in [-0.3, -0.25) is 0 Å². The third kappa shape index (κ3) is 4.86. The lowest BCUT2D eigenvalue weighted by atomic mass is 9.56. The van der Waals surface area contributed by atoms with E-state index in [9.17, 15) is 0 Å². The molecular weight excluding hydrogens is 555 g/mol. The average Bonchev–Trinajstić information content (AvgIpc) is 3.39. The molecule has 7 aromatic rings. The highest BCUT2D eigenvalue weighted by molar-refractivity contribution is 6.10. The minimum absolute atomic E-state index is 0.0811. The van der Waals surface area contributed by atoms with Crippen molar-refractivity contribution in [2.75, 3.05) is 0 Å². The first-order valence-electron chi connectivity index (χ1n) is 16.5. The summed E-state index contributed by atoms with van der Waals surface area (Å²) in [5.41, 5.74) is 11.1. The molecule has 0 N–H and O–H groups in total. The number of hydrogen-bond donors (Lipinski definition) is 0. The van der Waals surface area contributed by atoms with Crippen LogP contribution < -0.4 is 0 Å². The van der Waals surface area contributed by atoms with Crippen molar-refractivity contribution in [3.05, 3.63) is 174 Å². The van der Waals surface area contributed by atoms with Gasteiger partial charge in [-0.1, -0.05) is 163 Å². The molecule has 0 atom stereocenters. The second-order valence-electron chi connectivity index (χ2n) is 14.7. The number of nitrogens with zero attached hydrogens (tertiary/aromatic N) is 1. The van der Waals surface area contributed by atoms with E-state index >= 15 is 0 Å². The SMILES string of the molecule is CC(C)(C)c1cccc(-n2c3ccccc3c3cc(-c4ccc(C(c5ccccc5)(c5ccccc5)C(C)(C)C)cc4)ccc32)c1. The molecule has 0 saturated carbocycles. The predicted molar refractivity (Wildman–Crippen MR) is 197 cm³/mol. The highest BCUT2D eigenvalue weighted by Crippen LogP contribution is 2.52. The highest BCUT2D eigenvalue weighted by atomic mass is 15.0. The molecule has 46 heavy (non-hydrogen) atoms. The molecule has 1 aromatic heterocycles. The van der Waals surface area contributed by atoms with Gasteiger partial charge in [0.25, 0.3) is 0 Å². The van der Waals surface area contributed by atoms with E-state index in [0.717, 1.165) is 0 Å². The van der Waals surface area contributed by atoms with Gasteiger partial charge < -0.3 is 4.57 Å². The second-order valence-corrected chi connectivity index (χ2v) is 14.7. The van der Waals surface area contributed by atoms with Crippen LogP contribution >= 0.6 is 0 Å². The molecule has 0 amide bonds. The van der Waals surface area contributed by atoms with Gasteiger partial charge in [0.05, 0.1) is 11.0 Å². The topological polar surface area (TPSA) is 4.93 Å². The van der Waals surface area contributed by atoms with E-state index in [2.05, 4.69) is 198 Å². The molecule has 0 radical (unpaired) electrons. The van der Waals surface area contributed by atoms with Crippen LogP contribution in [0.2, 0.25) is 0 Å². The number of aromatic nitrogens is 1. The summed E-state index contributed by atoms with van der Waals surface area (Å²) in [5.74, 6) is 0. The summed E-state index contributed by atoms with van der Waals surface area (Å²) in [7, 11) is 0. The van der Waals surface area contributed by atoms with Crippen LogP contribution in [-0.2, 0) is 10.8 Å². The lowest BCUT2D eigenvalue weighted by molar-refractivity contribution is 0.272. The minimum atomic E-state index is -0.312. The largest absolute Gasteiger partial charge is 0.309 e. The molecule has 0 spiro atoms. The molecule has 0 bridgehead atoms. The number of fused-ring (bicyclic) bond motifs is 3. The lowest BCUT2D eigenvalue weighted by Crippen LogP contribution is -2.42. The average molecular weight is 598 g/mol. The molecule has 0 unspecified atom stereocenters. The first kappa shape index (κ1) is 29.8. The van der Waals surface area contributed by atoms with Crippen molar-refractivity contribution in [3.63, 3.8) is 0 Å². The van der Waals surface area contributed by atoms with Crippen molar-refractivity contribution in [1.82, 2.24) is 4.57 Å². The lowest BCUT2D eigenvalue weighted by Gasteiger charge is -2.47. The number of hydrogen-bond acceptors (Lipinski definition) is 0. The van der Waals surface area contributed by atoms with Crippen LogP contribution in [0, 0.1) is 5.41 Å². The Balaban J connectivity index is 1.37. The smallest absolute Gasteiger partial charge is 0.0541 e. The minimum Gasteiger partial charge on any atom is -0.309 e. The summed E-state index contributed by atoms with van der Waals surface area (Å²) in [6.07, 6.45) is 0. The van der Waals surface area contributed by atoms with Crippen molar-refractivity contribution in [1.29, 1.82) is 0 Å². The third-order valence-electron chi connectivity index (χ3n) is 9.83. The van der Waals surface area contributed by atoms with Crippen LogP contribution in [0.15, 0.2) is 152 Å². The van der Waals surface area contributed by atoms with Crippen molar-refractivity contribution in [2.24, 2.45) is 5.41 Å². The van der Waals surface area contributed by atoms with Gasteiger partial charge in [-0.2, -0.15) is 0 Å². The molecule has 0 aliphatic rings. The zero-order valence-corrected chi connectivity index (χ0v) is 27.9. The Labute approximate surface area is 274 Å². The molecular formula is C45H43N. The fourth-order valence-corrected chi connectivity index (χ4v) is 7.63. The van der Waals surface area contributed by atoms with Gasteiger partial charge in [0.15, 0.2) is 0 Å². The zero-order chi connectivity index (χ0) is 32.1. The van der Waals surface area contributed by atoms with Gasteiger partial charge in [0.1, 0.15) is 0 Å². The summed E-state index contributed by atoms with van der Waals surface area (Å²) in [5, 5.41) is 2.55. The first-order chi connectivity index (χ1) is 22.1. The van der Waals surface area contributed by atoms with Gasteiger partial charge in [0.2, 0.25) is 0 Å². The van der Waals surface area contributed by atoms with Crippen LogP contribution in [-0.4, -0.2) is 4.57 Å². The Morgan fingerprint density at radius 3 is 1.52 bits per heavy atom. The van der Waals surface area contributed by atoms with E-state index in [-0.39, 0.29) is 16.2 Å². The second kappa shape index (κ2) is 11.2. The van der Waals surface area contributed by atoms with Crippen molar-refractivity contribution < 1.29 is 0 Å². The number of para-hydroxylation sites is 1. The molecule has 6 aromatic carbocycles. The molecule has 7 rings (SSSR count). The van der Waals surface area contributed by atoms with Crippen molar-refractivity contribution in [3.8, 4) is 16.8 Å². The fraction of sp³-hybridized carbons (Fsp3) is 0.200. The van der Waals surface area contributed by atoms with E-state index in [0.29, 0.717) is 0 Å². The molecule has 1 heteroatoms. The van der Waals surface area contributed by atoms with Crippen molar-refractivity contribution >= 4 is 21.8 Å². The van der Waals surface area contributed by atoms with Gasteiger partial charge >= 0.3 is 0 Å². The van der Waals surface area contributed by atoms with Gasteiger partial charge in [0, 0.05) is 21.9 Å². The summed E-state index contributed by atoms with van der Waals surface area (Å²) in [6.45, 7) is 13.9. The fourth-order valence-electron chi connectivity index (χ4n) is 7.63. The van der Waals surface area contributed by atoms with E-state index in [1.807, 2.05) is 0 Å². The molecule has 0 fully saturated rings. The Kier molecular flexibility index (Phi) is 7.24. The Hall–Kier alpha value is -4.88. The molecule has 0 aliphatic carbocycles. The number of rotatable bonds is 5. The molecule has 228 valence electrons. The quantitative estimate of drug-likeness (QED) is 0.174. The van der Waals surface area contributed by atoms with Crippen molar-refractivity contribution in [2.45, 2.75) is 52.4 Å². The Morgan fingerprint density at radius 1 is 0.391 bits per heavy atom. The van der Waals surface area contributed by atoms with E-state index < -0.39 is 0 Å². The summed E-state index contributed by atoms with van der Waals surface area (Å²) in [6, 6.07) is 56.1. The summed E-state index contributed by atoms with van der Waals surface area (Å²) >= 11 is 0. The van der Waals surface area contributed by atoms with Crippen LogP contribution in [0.5, 0.6) is 0 Å². The maximum Gasteiger partial charge on any atom is 0.0541 e. The van der Waals surface area contributed by atoms with Gasteiger partial charge in [-0.05, 0) is 74.5 Å². The zero-order valence-electron chi connectivity index (χ0n) is 27.9. The van der Waals surface area contributed by atoms with E-state index in [1.165, 1.54) is 60.9 Å². The normalized spacial score (nSPS) is 12.6. The summed E-state index contributed by atoms with van der Waals surface area (Å²) < 4.78 is 2.42. The van der Waals surface area contributed by atoms with Gasteiger partial charge in [-0.25, -0.2) is 0 Å². The molecule has 1 nitrogen and oxygen atoms in total. The van der Waals surface area contributed by atoms with Crippen LogP contribution in [0.3, 0.4) is 0 Å². The maximum atomic E-state index is 2.42. The first-order valence-corrected chi connectivity index (χ1v) is 16.5. The monoisotopic (exact) mass is 597 g/mol. The van der Waals surface area contributed by atoms with Crippen LogP contribution in [0.4, 0.5) is 0 Å².